The molecule has 0 aromatic carbocycles. The molecule has 0 aromatic heterocycles. The highest BCUT2D eigenvalue weighted by Gasteiger charge is 2.42. The van der Waals surface area contributed by atoms with Crippen molar-refractivity contribution in [1.82, 2.24) is 10.2 Å². The molecule has 0 bridgehead atoms. The predicted octanol–water partition coefficient (Wildman–Crippen LogP) is 1.85. The standard InChI is InChI=1S/C14H26N2O2/c1-2-16-10-8-14(9-11-16,13(17)18)15-12-6-4-3-5-7-12/h12,15H,2-11H2,1H3,(H,17,18). The average Bonchev–Trinajstić information content (AvgIpc) is 2.40. The third-order valence-corrected chi connectivity index (χ3v) is 4.65. The zero-order chi connectivity index (χ0) is 13.0. The van der Waals surface area contributed by atoms with Crippen molar-refractivity contribution in [1.29, 1.82) is 0 Å². The first-order valence-electron chi connectivity index (χ1n) is 7.40. The van der Waals surface area contributed by atoms with Crippen LogP contribution in [-0.4, -0.2) is 47.2 Å². The molecule has 2 rings (SSSR count). The smallest absolute Gasteiger partial charge is 0.324 e. The van der Waals surface area contributed by atoms with Crippen LogP contribution in [0.15, 0.2) is 0 Å². The van der Waals surface area contributed by atoms with Gasteiger partial charge in [0.1, 0.15) is 5.54 Å². The normalized spacial score (nSPS) is 26.1. The minimum absolute atomic E-state index is 0.419. The molecule has 0 atom stereocenters. The van der Waals surface area contributed by atoms with E-state index >= 15 is 0 Å². The lowest BCUT2D eigenvalue weighted by Gasteiger charge is -2.42. The average molecular weight is 254 g/mol. The van der Waals surface area contributed by atoms with E-state index in [2.05, 4.69) is 17.1 Å². The summed E-state index contributed by atoms with van der Waals surface area (Å²) < 4.78 is 0. The fourth-order valence-corrected chi connectivity index (χ4v) is 3.31. The summed E-state index contributed by atoms with van der Waals surface area (Å²) in [7, 11) is 0. The van der Waals surface area contributed by atoms with E-state index < -0.39 is 11.5 Å². The van der Waals surface area contributed by atoms with E-state index in [1.807, 2.05) is 0 Å². The first-order valence-corrected chi connectivity index (χ1v) is 7.40. The largest absolute Gasteiger partial charge is 0.480 e. The van der Waals surface area contributed by atoms with Gasteiger partial charge in [0.05, 0.1) is 0 Å². The van der Waals surface area contributed by atoms with Crippen molar-refractivity contribution in [3.8, 4) is 0 Å². The highest BCUT2D eigenvalue weighted by molar-refractivity contribution is 5.79. The Morgan fingerprint density at radius 1 is 1.28 bits per heavy atom. The lowest BCUT2D eigenvalue weighted by molar-refractivity contribution is -0.147. The lowest BCUT2D eigenvalue weighted by atomic mass is 9.84. The van der Waals surface area contributed by atoms with Gasteiger partial charge in [-0.25, -0.2) is 0 Å². The molecule has 0 amide bonds. The second-order valence-electron chi connectivity index (χ2n) is 5.80. The van der Waals surface area contributed by atoms with Gasteiger partial charge in [0, 0.05) is 19.1 Å². The second-order valence-corrected chi connectivity index (χ2v) is 5.80. The van der Waals surface area contributed by atoms with E-state index in [0.29, 0.717) is 6.04 Å². The number of hydrogen-bond acceptors (Lipinski definition) is 3. The molecule has 0 aromatic rings. The van der Waals surface area contributed by atoms with Gasteiger partial charge in [0.15, 0.2) is 0 Å². The predicted molar refractivity (Wildman–Crippen MR) is 71.7 cm³/mol. The number of carboxylic acids is 1. The number of rotatable bonds is 4. The van der Waals surface area contributed by atoms with Crippen LogP contribution < -0.4 is 5.32 Å². The Morgan fingerprint density at radius 3 is 2.39 bits per heavy atom. The van der Waals surface area contributed by atoms with Crippen LogP contribution in [0.1, 0.15) is 51.9 Å². The number of carboxylic acid groups (broad SMARTS) is 1. The summed E-state index contributed by atoms with van der Waals surface area (Å²) in [6.07, 6.45) is 7.57. The van der Waals surface area contributed by atoms with Crippen molar-refractivity contribution < 1.29 is 9.90 Å². The number of aliphatic carboxylic acids is 1. The van der Waals surface area contributed by atoms with Gasteiger partial charge in [-0.15, -0.1) is 0 Å². The number of hydrogen-bond donors (Lipinski definition) is 2. The summed E-state index contributed by atoms with van der Waals surface area (Å²) >= 11 is 0. The van der Waals surface area contributed by atoms with Crippen LogP contribution in [0.25, 0.3) is 0 Å². The quantitative estimate of drug-likeness (QED) is 0.804. The van der Waals surface area contributed by atoms with Gasteiger partial charge in [0.2, 0.25) is 0 Å². The van der Waals surface area contributed by atoms with Gasteiger partial charge in [0.25, 0.3) is 0 Å². The van der Waals surface area contributed by atoms with Crippen molar-refractivity contribution in [2.45, 2.75) is 63.5 Å². The molecule has 0 spiro atoms. The molecule has 1 aliphatic carbocycles. The Balaban J connectivity index is 1.96. The van der Waals surface area contributed by atoms with Gasteiger partial charge in [-0.3, -0.25) is 10.1 Å². The maximum absolute atomic E-state index is 11.7. The summed E-state index contributed by atoms with van der Waals surface area (Å²) in [5.41, 5.74) is -0.659. The zero-order valence-corrected chi connectivity index (χ0v) is 11.5. The molecule has 1 aliphatic heterocycles. The molecule has 0 radical (unpaired) electrons. The molecule has 4 nitrogen and oxygen atoms in total. The molecule has 1 saturated carbocycles. The summed E-state index contributed by atoms with van der Waals surface area (Å²) in [5, 5.41) is 13.1. The van der Waals surface area contributed by atoms with Crippen LogP contribution in [0.3, 0.4) is 0 Å². The molecule has 4 heteroatoms. The first-order chi connectivity index (χ1) is 8.66. The molecule has 1 heterocycles. The van der Waals surface area contributed by atoms with Crippen molar-refractivity contribution in [3.05, 3.63) is 0 Å². The molecular weight excluding hydrogens is 228 g/mol. The van der Waals surface area contributed by atoms with Gasteiger partial charge >= 0.3 is 5.97 Å². The topological polar surface area (TPSA) is 52.6 Å². The van der Waals surface area contributed by atoms with E-state index in [1.54, 1.807) is 0 Å². The molecular formula is C14H26N2O2. The molecule has 2 N–H and O–H groups in total. The third kappa shape index (κ3) is 3.04. The Kier molecular flexibility index (Phi) is 4.62. The van der Waals surface area contributed by atoms with Crippen LogP contribution >= 0.6 is 0 Å². The molecule has 1 saturated heterocycles. The second kappa shape index (κ2) is 6.02. The van der Waals surface area contributed by atoms with E-state index in [-0.39, 0.29) is 0 Å². The van der Waals surface area contributed by atoms with Gasteiger partial charge in [-0.2, -0.15) is 0 Å². The van der Waals surface area contributed by atoms with Crippen LogP contribution in [0.2, 0.25) is 0 Å². The zero-order valence-electron chi connectivity index (χ0n) is 11.5. The number of likely N-dealkylation sites (tertiary alicyclic amines) is 1. The van der Waals surface area contributed by atoms with Gasteiger partial charge < -0.3 is 10.0 Å². The Bertz CT molecular complexity index is 280. The molecule has 0 unspecified atom stereocenters. The van der Waals surface area contributed by atoms with Crippen molar-refractivity contribution in [3.63, 3.8) is 0 Å². The van der Waals surface area contributed by atoms with Gasteiger partial charge in [-0.05, 0) is 32.2 Å². The minimum Gasteiger partial charge on any atom is -0.480 e. The fraction of sp³-hybridized carbons (Fsp3) is 0.929. The number of nitrogens with one attached hydrogen (secondary N) is 1. The Hall–Kier alpha value is -0.610. The van der Waals surface area contributed by atoms with Crippen molar-refractivity contribution >= 4 is 5.97 Å². The number of carbonyl (C=O) groups is 1. The minimum atomic E-state index is -0.659. The highest BCUT2D eigenvalue weighted by Crippen LogP contribution is 2.27. The molecule has 2 fully saturated rings. The fourth-order valence-electron chi connectivity index (χ4n) is 3.31. The maximum atomic E-state index is 11.7. The molecule has 104 valence electrons. The van der Waals surface area contributed by atoms with E-state index in [9.17, 15) is 9.90 Å². The monoisotopic (exact) mass is 254 g/mol. The number of nitrogens with zero attached hydrogens (tertiary/aromatic N) is 1. The first kappa shape index (κ1) is 13.8. The summed E-state index contributed by atoms with van der Waals surface area (Å²) in [6.45, 7) is 4.98. The SMILES string of the molecule is CCN1CCC(NC2CCCCC2)(C(=O)O)CC1. The van der Waals surface area contributed by atoms with Crippen LogP contribution in [0, 0.1) is 0 Å². The van der Waals surface area contributed by atoms with E-state index in [1.165, 1.54) is 19.3 Å². The van der Waals surface area contributed by atoms with Crippen LogP contribution in [0.4, 0.5) is 0 Å². The third-order valence-electron chi connectivity index (χ3n) is 4.65. The Morgan fingerprint density at radius 2 is 1.89 bits per heavy atom. The molecule has 18 heavy (non-hydrogen) atoms. The molecule has 2 aliphatic rings. The van der Waals surface area contributed by atoms with Gasteiger partial charge in [-0.1, -0.05) is 26.2 Å². The summed E-state index contributed by atoms with van der Waals surface area (Å²) in [5.74, 6) is -0.649. The van der Waals surface area contributed by atoms with Crippen molar-refractivity contribution in [2.75, 3.05) is 19.6 Å². The highest BCUT2D eigenvalue weighted by atomic mass is 16.4. The number of piperidine rings is 1. The van der Waals surface area contributed by atoms with Crippen LogP contribution in [-0.2, 0) is 4.79 Å². The lowest BCUT2D eigenvalue weighted by Crippen LogP contribution is -2.61. The van der Waals surface area contributed by atoms with Crippen LogP contribution in [0.5, 0.6) is 0 Å². The van der Waals surface area contributed by atoms with E-state index in [0.717, 1.165) is 45.3 Å². The summed E-state index contributed by atoms with van der Waals surface area (Å²) in [6, 6.07) is 0.419. The Labute approximate surface area is 110 Å². The maximum Gasteiger partial charge on any atom is 0.324 e. The van der Waals surface area contributed by atoms with E-state index in [4.69, 9.17) is 0 Å². The summed E-state index contributed by atoms with van der Waals surface area (Å²) in [4.78, 5) is 14.0. The van der Waals surface area contributed by atoms with Crippen molar-refractivity contribution in [2.24, 2.45) is 0 Å².